The first kappa shape index (κ1) is 12.6. The van der Waals surface area contributed by atoms with Crippen LogP contribution in [0.1, 0.15) is 40.9 Å². The summed E-state index contributed by atoms with van der Waals surface area (Å²) < 4.78 is 0. The second-order valence-corrected chi connectivity index (χ2v) is 5.90. The molecule has 17 heavy (non-hydrogen) atoms. The van der Waals surface area contributed by atoms with E-state index < -0.39 is 0 Å². The lowest BCUT2D eigenvalue weighted by Gasteiger charge is -2.26. The molecule has 1 amide bonds. The van der Waals surface area contributed by atoms with Crippen molar-refractivity contribution in [1.82, 2.24) is 5.32 Å². The highest BCUT2D eigenvalue weighted by Crippen LogP contribution is 2.37. The zero-order valence-electron chi connectivity index (χ0n) is 10.2. The average Bonchev–Trinajstić information content (AvgIpc) is 2.95. The molecule has 1 aliphatic rings. The van der Waals surface area contributed by atoms with Gasteiger partial charge in [0.15, 0.2) is 0 Å². The highest BCUT2D eigenvalue weighted by atomic mass is 32.1. The molecule has 1 aromatic rings. The number of aliphatic hydroxyl groups excluding tert-OH is 1. The van der Waals surface area contributed by atoms with Gasteiger partial charge in [0.25, 0.3) is 5.91 Å². The van der Waals surface area contributed by atoms with Crippen molar-refractivity contribution in [1.29, 1.82) is 0 Å². The molecule has 1 heterocycles. The van der Waals surface area contributed by atoms with Crippen LogP contribution in [0.3, 0.4) is 0 Å². The number of amides is 1. The highest BCUT2D eigenvalue weighted by Gasteiger charge is 2.33. The molecule has 1 fully saturated rings. The quantitative estimate of drug-likeness (QED) is 0.865. The Morgan fingerprint density at radius 2 is 2.24 bits per heavy atom. The third-order valence-corrected chi connectivity index (χ3v) is 4.71. The van der Waals surface area contributed by atoms with Gasteiger partial charge in [0, 0.05) is 12.0 Å². The monoisotopic (exact) mass is 253 g/mol. The van der Waals surface area contributed by atoms with Crippen molar-refractivity contribution >= 4 is 17.2 Å². The van der Waals surface area contributed by atoms with Gasteiger partial charge in [-0.3, -0.25) is 4.79 Å². The number of nitrogens with one attached hydrogen (secondary N) is 1. The molecule has 4 heteroatoms. The first-order chi connectivity index (χ1) is 8.17. The lowest BCUT2D eigenvalue weighted by Crippen LogP contribution is -2.38. The minimum Gasteiger partial charge on any atom is -0.396 e. The zero-order valence-corrected chi connectivity index (χ0v) is 11.0. The number of carbonyl (C=O) groups is 1. The number of carbonyl (C=O) groups excluding carboxylic acids is 1. The summed E-state index contributed by atoms with van der Waals surface area (Å²) in [5, 5.41) is 14.4. The van der Waals surface area contributed by atoms with Gasteiger partial charge in [-0.15, -0.1) is 11.3 Å². The van der Waals surface area contributed by atoms with Crippen molar-refractivity contribution in [2.45, 2.75) is 32.6 Å². The van der Waals surface area contributed by atoms with E-state index in [-0.39, 0.29) is 17.9 Å². The van der Waals surface area contributed by atoms with Gasteiger partial charge < -0.3 is 10.4 Å². The Morgan fingerprint density at radius 3 is 2.76 bits per heavy atom. The van der Waals surface area contributed by atoms with E-state index in [1.165, 1.54) is 11.3 Å². The molecule has 1 aliphatic carbocycles. The van der Waals surface area contributed by atoms with E-state index in [1.54, 1.807) is 0 Å². The summed E-state index contributed by atoms with van der Waals surface area (Å²) in [6.45, 7) is 2.72. The Balaban J connectivity index is 1.94. The fourth-order valence-corrected chi connectivity index (χ4v) is 3.31. The number of aryl methyl sites for hydroxylation is 1. The predicted octanol–water partition coefficient (Wildman–Crippen LogP) is 2.34. The van der Waals surface area contributed by atoms with E-state index in [0.29, 0.717) is 6.54 Å². The van der Waals surface area contributed by atoms with Crippen molar-refractivity contribution in [3.05, 3.63) is 21.9 Å². The van der Waals surface area contributed by atoms with E-state index in [9.17, 15) is 9.90 Å². The summed E-state index contributed by atoms with van der Waals surface area (Å²) >= 11 is 1.47. The van der Waals surface area contributed by atoms with Gasteiger partial charge in [-0.05, 0) is 36.8 Å². The number of rotatable bonds is 4. The molecule has 2 N–H and O–H groups in total. The first-order valence-corrected chi connectivity index (χ1v) is 6.98. The summed E-state index contributed by atoms with van der Waals surface area (Å²) in [4.78, 5) is 12.7. The molecule has 3 nitrogen and oxygen atoms in total. The summed E-state index contributed by atoms with van der Waals surface area (Å²) in [6, 6.07) is 1.96. The summed E-state index contributed by atoms with van der Waals surface area (Å²) in [6.07, 6.45) is 4.36. The average molecular weight is 253 g/mol. The zero-order chi connectivity index (χ0) is 12.3. The van der Waals surface area contributed by atoms with Gasteiger partial charge >= 0.3 is 0 Å². The Labute approximate surface area is 106 Å². The normalized spacial score (nSPS) is 18.2. The van der Waals surface area contributed by atoms with Crippen LogP contribution in [-0.4, -0.2) is 24.2 Å². The molecular formula is C13H19NO2S. The summed E-state index contributed by atoms with van der Waals surface area (Å²) in [5.74, 6) is -0.00257. The van der Waals surface area contributed by atoms with Crippen molar-refractivity contribution in [3.63, 3.8) is 0 Å². The van der Waals surface area contributed by atoms with Gasteiger partial charge in [0.1, 0.15) is 0 Å². The Kier molecular flexibility index (Phi) is 3.84. The van der Waals surface area contributed by atoms with Gasteiger partial charge in [0.05, 0.1) is 11.5 Å². The van der Waals surface area contributed by atoms with Crippen molar-refractivity contribution in [2.75, 3.05) is 13.2 Å². The van der Waals surface area contributed by atoms with Gasteiger partial charge in [0.2, 0.25) is 0 Å². The molecule has 0 atom stereocenters. The van der Waals surface area contributed by atoms with Crippen LogP contribution in [0.15, 0.2) is 11.4 Å². The van der Waals surface area contributed by atoms with Gasteiger partial charge in [-0.25, -0.2) is 0 Å². The number of hydrogen-bond donors (Lipinski definition) is 2. The van der Waals surface area contributed by atoms with Gasteiger partial charge in [-0.2, -0.15) is 0 Å². The smallest absolute Gasteiger partial charge is 0.261 e. The van der Waals surface area contributed by atoms with Crippen LogP contribution in [0.25, 0.3) is 0 Å². The Bertz CT molecular complexity index is 394. The molecule has 2 rings (SSSR count). The van der Waals surface area contributed by atoms with Crippen LogP contribution < -0.4 is 5.32 Å². The van der Waals surface area contributed by atoms with Gasteiger partial charge in [-0.1, -0.05) is 12.8 Å². The number of hydrogen-bond acceptors (Lipinski definition) is 3. The van der Waals surface area contributed by atoms with E-state index in [4.69, 9.17) is 0 Å². The summed E-state index contributed by atoms with van der Waals surface area (Å²) in [7, 11) is 0. The maximum Gasteiger partial charge on any atom is 0.261 e. The molecule has 0 aliphatic heterocycles. The van der Waals surface area contributed by atoms with E-state index in [0.717, 1.165) is 36.1 Å². The molecular weight excluding hydrogens is 234 g/mol. The van der Waals surface area contributed by atoms with Crippen molar-refractivity contribution in [2.24, 2.45) is 5.41 Å². The molecule has 0 bridgehead atoms. The van der Waals surface area contributed by atoms with Crippen LogP contribution in [-0.2, 0) is 0 Å². The molecule has 0 unspecified atom stereocenters. The second kappa shape index (κ2) is 5.19. The third-order valence-electron chi connectivity index (χ3n) is 3.69. The maximum atomic E-state index is 12.0. The molecule has 0 radical (unpaired) electrons. The largest absolute Gasteiger partial charge is 0.396 e. The second-order valence-electron chi connectivity index (χ2n) is 4.98. The Morgan fingerprint density at radius 1 is 1.53 bits per heavy atom. The SMILES string of the molecule is Cc1ccsc1C(=O)NCC1(CO)CCCC1. The van der Waals surface area contributed by atoms with Crippen LogP contribution in [0, 0.1) is 12.3 Å². The standard InChI is InChI=1S/C13H19NO2S/c1-10-4-7-17-11(10)12(16)14-8-13(9-15)5-2-3-6-13/h4,7,15H,2-3,5-6,8-9H2,1H3,(H,14,16). The van der Waals surface area contributed by atoms with Crippen LogP contribution in [0.5, 0.6) is 0 Å². The number of aliphatic hydroxyl groups is 1. The predicted molar refractivity (Wildman–Crippen MR) is 69.4 cm³/mol. The minimum absolute atomic E-state index is 0.00257. The maximum absolute atomic E-state index is 12.0. The first-order valence-electron chi connectivity index (χ1n) is 6.10. The number of thiophene rings is 1. The molecule has 0 saturated heterocycles. The molecule has 0 aromatic carbocycles. The highest BCUT2D eigenvalue weighted by molar-refractivity contribution is 7.12. The molecule has 1 saturated carbocycles. The van der Waals surface area contributed by atoms with Crippen LogP contribution in [0.4, 0.5) is 0 Å². The fourth-order valence-electron chi connectivity index (χ4n) is 2.47. The third kappa shape index (κ3) is 2.69. The lowest BCUT2D eigenvalue weighted by molar-refractivity contribution is 0.0884. The Hall–Kier alpha value is -0.870. The van der Waals surface area contributed by atoms with Crippen molar-refractivity contribution < 1.29 is 9.90 Å². The minimum atomic E-state index is -0.0686. The fraction of sp³-hybridized carbons (Fsp3) is 0.615. The van der Waals surface area contributed by atoms with Crippen molar-refractivity contribution in [3.8, 4) is 0 Å². The van der Waals surface area contributed by atoms with E-state index >= 15 is 0 Å². The van der Waals surface area contributed by atoms with Crippen LogP contribution >= 0.6 is 11.3 Å². The van der Waals surface area contributed by atoms with E-state index in [1.807, 2.05) is 18.4 Å². The summed E-state index contributed by atoms with van der Waals surface area (Å²) in [5.41, 5.74) is 0.956. The van der Waals surface area contributed by atoms with E-state index in [2.05, 4.69) is 5.32 Å². The molecule has 0 spiro atoms. The molecule has 94 valence electrons. The molecule has 1 aromatic heterocycles. The van der Waals surface area contributed by atoms with Crippen LogP contribution in [0.2, 0.25) is 0 Å². The topological polar surface area (TPSA) is 49.3 Å². The lowest BCUT2D eigenvalue weighted by atomic mass is 9.87.